The maximum Gasteiger partial charge on any atom is 0.330 e. The van der Waals surface area contributed by atoms with E-state index in [0.717, 1.165) is 38.5 Å². The van der Waals surface area contributed by atoms with Gasteiger partial charge in [0.25, 0.3) is 5.91 Å². The summed E-state index contributed by atoms with van der Waals surface area (Å²) in [5, 5.41) is 5.67. The molecule has 7 heteroatoms. The van der Waals surface area contributed by atoms with Crippen LogP contribution in [0.15, 0.2) is 0 Å². The van der Waals surface area contributed by atoms with E-state index in [1.165, 1.54) is 168 Å². The molecule has 0 aromatic rings. The zero-order valence-electron chi connectivity index (χ0n) is 34.1. The third-order valence-electron chi connectivity index (χ3n) is 10.8. The van der Waals surface area contributed by atoms with Crippen molar-refractivity contribution in [2.75, 3.05) is 20.3 Å². The number of esters is 1. The van der Waals surface area contributed by atoms with Gasteiger partial charge in [-0.2, -0.15) is 0 Å². The standard InChI is InChI=1S/C44H84N2O5/c1-4-6-8-10-12-14-16-18-20-22-24-26-28-30-32-34-38-51-42(48)40(39-45-43(49)44(50-3)36-37-44)46-41(47)35-33-31-29-27-25-23-21-19-17-15-13-11-9-7-5-2/h40H,4-39H2,1-3H3,(H,45,49)(H,46,47). The van der Waals surface area contributed by atoms with E-state index in [1.807, 2.05) is 0 Å². The lowest BCUT2D eigenvalue weighted by Crippen LogP contribution is -2.51. The molecule has 7 nitrogen and oxygen atoms in total. The molecule has 1 fully saturated rings. The summed E-state index contributed by atoms with van der Waals surface area (Å²) < 4.78 is 11.0. The van der Waals surface area contributed by atoms with Crippen molar-refractivity contribution in [1.82, 2.24) is 10.6 Å². The van der Waals surface area contributed by atoms with E-state index in [4.69, 9.17) is 9.47 Å². The second-order valence-electron chi connectivity index (χ2n) is 15.7. The quantitative estimate of drug-likeness (QED) is 0.0487. The minimum absolute atomic E-state index is 0.0202. The van der Waals surface area contributed by atoms with E-state index in [0.29, 0.717) is 25.9 Å². The third-order valence-corrected chi connectivity index (χ3v) is 10.8. The molecule has 1 atom stereocenters. The second kappa shape index (κ2) is 34.2. The van der Waals surface area contributed by atoms with Gasteiger partial charge in [-0.05, 0) is 25.7 Å². The van der Waals surface area contributed by atoms with Crippen molar-refractivity contribution in [3.05, 3.63) is 0 Å². The molecular formula is C44H84N2O5. The number of carbonyl (C=O) groups excluding carboxylic acids is 3. The summed E-state index contributed by atoms with van der Waals surface area (Å²) >= 11 is 0. The molecule has 51 heavy (non-hydrogen) atoms. The Kier molecular flexibility index (Phi) is 31.7. The monoisotopic (exact) mass is 721 g/mol. The molecule has 0 aliphatic heterocycles. The first kappa shape index (κ1) is 47.4. The molecule has 0 spiro atoms. The number of nitrogens with one attached hydrogen (secondary N) is 2. The van der Waals surface area contributed by atoms with Crippen molar-refractivity contribution < 1.29 is 23.9 Å². The molecule has 300 valence electrons. The van der Waals surface area contributed by atoms with Gasteiger partial charge in [0.15, 0.2) is 0 Å². The Balaban J connectivity index is 2.15. The van der Waals surface area contributed by atoms with Gasteiger partial charge in [0.1, 0.15) is 11.6 Å². The second-order valence-corrected chi connectivity index (χ2v) is 15.7. The molecule has 0 saturated heterocycles. The van der Waals surface area contributed by atoms with Crippen molar-refractivity contribution in [3.8, 4) is 0 Å². The number of methoxy groups -OCH3 is 1. The SMILES string of the molecule is CCCCCCCCCCCCCCCCCCOC(=O)C(CNC(=O)C1(OC)CC1)NC(=O)CCCCCCCCCCCCCCCCC. The van der Waals surface area contributed by atoms with Gasteiger partial charge in [-0.3, -0.25) is 9.59 Å². The van der Waals surface area contributed by atoms with E-state index < -0.39 is 17.6 Å². The van der Waals surface area contributed by atoms with Crippen molar-refractivity contribution >= 4 is 17.8 Å². The normalized spacial score (nSPS) is 13.9. The number of rotatable bonds is 39. The molecule has 0 radical (unpaired) electrons. The van der Waals surface area contributed by atoms with E-state index in [1.54, 1.807) is 0 Å². The molecule has 2 N–H and O–H groups in total. The molecule has 1 saturated carbocycles. The average Bonchev–Trinajstić information content (AvgIpc) is 3.94. The van der Waals surface area contributed by atoms with Crippen LogP contribution in [-0.2, 0) is 23.9 Å². The van der Waals surface area contributed by atoms with Crippen molar-refractivity contribution in [1.29, 1.82) is 0 Å². The Labute approximate surface area is 315 Å². The predicted molar refractivity (Wildman–Crippen MR) is 214 cm³/mol. The molecule has 1 unspecified atom stereocenters. The Morgan fingerprint density at radius 2 is 0.882 bits per heavy atom. The van der Waals surface area contributed by atoms with Crippen molar-refractivity contribution in [2.45, 2.75) is 244 Å². The fraction of sp³-hybridized carbons (Fsp3) is 0.932. The number of amides is 2. The van der Waals surface area contributed by atoms with E-state index >= 15 is 0 Å². The molecule has 1 aliphatic carbocycles. The summed E-state index contributed by atoms with van der Waals surface area (Å²) in [5.41, 5.74) is -0.778. The first-order chi connectivity index (χ1) is 25.0. The van der Waals surface area contributed by atoms with Gasteiger partial charge < -0.3 is 20.1 Å². The predicted octanol–water partition coefficient (Wildman–Crippen LogP) is 11.8. The van der Waals surface area contributed by atoms with E-state index in [2.05, 4.69) is 24.5 Å². The largest absolute Gasteiger partial charge is 0.464 e. The maximum absolute atomic E-state index is 13.0. The van der Waals surface area contributed by atoms with Crippen LogP contribution in [0.3, 0.4) is 0 Å². The Hall–Kier alpha value is -1.63. The van der Waals surface area contributed by atoms with Crippen molar-refractivity contribution in [2.24, 2.45) is 0 Å². The van der Waals surface area contributed by atoms with Gasteiger partial charge >= 0.3 is 5.97 Å². The van der Waals surface area contributed by atoms with Gasteiger partial charge in [-0.15, -0.1) is 0 Å². The van der Waals surface area contributed by atoms with Gasteiger partial charge in [0.2, 0.25) is 5.91 Å². The highest BCUT2D eigenvalue weighted by Crippen LogP contribution is 2.38. The van der Waals surface area contributed by atoms with Gasteiger partial charge in [0.05, 0.1) is 6.61 Å². The summed E-state index contributed by atoms with van der Waals surface area (Å²) in [6.45, 7) is 4.91. The Morgan fingerprint density at radius 1 is 0.529 bits per heavy atom. The fourth-order valence-electron chi connectivity index (χ4n) is 7.03. The van der Waals surface area contributed by atoms with Crippen LogP contribution in [-0.4, -0.2) is 49.7 Å². The van der Waals surface area contributed by atoms with Gasteiger partial charge in [-0.1, -0.05) is 200 Å². The summed E-state index contributed by atoms with van der Waals surface area (Å²) in [6.07, 6.45) is 41.6. The lowest BCUT2D eigenvalue weighted by atomic mass is 10.0. The Bertz CT molecular complexity index is 830. The molecule has 1 rings (SSSR count). The minimum atomic E-state index is -0.883. The van der Waals surface area contributed by atoms with Gasteiger partial charge in [0, 0.05) is 20.1 Å². The molecule has 0 heterocycles. The minimum Gasteiger partial charge on any atom is -0.464 e. The molecule has 0 aromatic carbocycles. The van der Waals surface area contributed by atoms with Crippen LogP contribution in [0.5, 0.6) is 0 Å². The van der Waals surface area contributed by atoms with E-state index in [-0.39, 0.29) is 18.4 Å². The number of ether oxygens (including phenoxy) is 2. The number of unbranched alkanes of at least 4 members (excludes halogenated alkanes) is 29. The van der Waals surface area contributed by atoms with E-state index in [9.17, 15) is 14.4 Å². The van der Waals surface area contributed by atoms with Crippen LogP contribution < -0.4 is 10.6 Å². The lowest BCUT2D eigenvalue weighted by Gasteiger charge is -2.20. The number of carbonyl (C=O) groups is 3. The van der Waals surface area contributed by atoms with Gasteiger partial charge in [-0.25, -0.2) is 4.79 Å². The van der Waals surface area contributed by atoms with Crippen LogP contribution in [0.4, 0.5) is 0 Å². The molecular weight excluding hydrogens is 636 g/mol. The van der Waals surface area contributed by atoms with Crippen LogP contribution >= 0.6 is 0 Å². The molecule has 1 aliphatic rings. The van der Waals surface area contributed by atoms with Crippen molar-refractivity contribution in [3.63, 3.8) is 0 Å². The lowest BCUT2D eigenvalue weighted by molar-refractivity contribution is -0.148. The fourth-order valence-corrected chi connectivity index (χ4v) is 7.03. The third kappa shape index (κ3) is 27.6. The number of hydrogen-bond donors (Lipinski definition) is 2. The summed E-state index contributed by atoms with van der Waals surface area (Å²) in [7, 11) is 1.54. The molecule has 2 amide bonds. The highest BCUT2D eigenvalue weighted by atomic mass is 16.5. The highest BCUT2D eigenvalue weighted by Gasteiger charge is 2.50. The van der Waals surface area contributed by atoms with Crippen LogP contribution in [0.2, 0.25) is 0 Å². The maximum atomic E-state index is 13.0. The van der Waals surface area contributed by atoms with Crippen LogP contribution in [0.1, 0.15) is 232 Å². The summed E-state index contributed by atoms with van der Waals surface area (Å²) in [4.78, 5) is 38.4. The number of hydrogen-bond acceptors (Lipinski definition) is 5. The summed E-state index contributed by atoms with van der Waals surface area (Å²) in [6, 6.07) is -0.883. The van der Waals surface area contributed by atoms with Crippen LogP contribution in [0.25, 0.3) is 0 Å². The topological polar surface area (TPSA) is 93.7 Å². The zero-order valence-corrected chi connectivity index (χ0v) is 34.1. The first-order valence-electron chi connectivity index (χ1n) is 22.3. The zero-order chi connectivity index (χ0) is 37.1. The first-order valence-corrected chi connectivity index (χ1v) is 22.3. The average molecular weight is 721 g/mol. The summed E-state index contributed by atoms with van der Waals surface area (Å²) in [5.74, 6) is -0.850. The highest BCUT2D eigenvalue weighted by molar-refractivity contribution is 5.89. The molecule has 0 bridgehead atoms. The van der Waals surface area contributed by atoms with Crippen LogP contribution in [0, 0.1) is 0 Å². The smallest absolute Gasteiger partial charge is 0.330 e. The Morgan fingerprint density at radius 3 is 1.24 bits per heavy atom. The molecule has 0 aromatic heterocycles.